The van der Waals surface area contributed by atoms with Crippen LogP contribution in [-0.4, -0.2) is 51.7 Å². The second kappa shape index (κ2) is 8.82. The van der Waals surface area contributed by atoms with Gasteiger partial charge in [0.15, 0.2) is 11.5 Å². The summed E-state index contributed by atoms with van der Waals surface area (Å²) in [5.74, 6) is 1.93. The number of amides is 1. The van der Waals surface area contributed by atoms with Gasteiger partial charge in [0, 0.05) is 11.8 Å². The van der Waals surface area contributed by atoms with Gasteiger partial charge in [0.05, 0.1) is 12.4 Å². The van der Waals surface area contributed by atoms with E-state index >= 15 is 0 Å². The molecule has 1 aromatic heterocycles. The number of rotatable bonds is 7. The fourth-order valence-electron chi connectivity index (χ4n) is 2.78. The van der Waals surface area contributed by atoms with Crippen LogP contribution in [0.1, 0.15) is 6.92 Å². The van der Waals surface area contributed by atoms with E-state index in [9.17, 15) is 4.79 Å². The van der Waals surface area contributed by atoms with Crippen LogP contribution < -0.4 is 19.5 Å². The molecule has 2 aromatic carbocycles. The van der Waals surface area contributed by atoms with Gasteiger partial charge in [0.1, 0.15) is 24.7 Å². The van der Waals surface area contributed by atoms with Gasteiger partial charge < -0.3 is 19.5 Å². The van der Waals surface area contributed by atoms with Crippen LogP contribution in [0, 0.1) is 0 Å². The van der Waals surface area contributed by atoms with E-state index in [1.165, 1.54) is 11.8 Å². The molecule has 1 amide bonds. The Kier molecular flexibility index (Phi) is 5.80. The molecule has 0 unspecified atom stereocenters. The molecule has 0 bridgehead atoms. The van der Waals surface area contributed by atoms with Crippen LogP contribution in [-0.2, 0) is 4.79 Å². The summed E-state index contributed by atoms with van der Waals surface area (Å²) in [5.41, 5.74) is 1.36. The number of carbonyl (C=O) groups excluding carboxylic acids is 1. The average molecular weight is 413 g/mol. The van der Waals surface area contributed by atoms with Gasteiger partial charge in [0.2, 0.25) is 11.1 Å². The summed E-state index contributed by atoms with van der Waals surface area (Å²) in [6.07, 6.45) is 0. The van der Waals surface area contributed by atoms with E-state index in [4.69, 9.17) is 14.2 Å². The van der Waals surface area contributed by atoms with Gasteiger partial charge >= 0.3 is 0 Å². The zero-order chi connectivity index (χ0) is 20.1. The minimum Gasteiger partial charge on any atom is -0.492 e. The molecule has 0 saturated heterocycles. The Labute approximate surface area is 171 Å². The van der Waals surface area contributed by atoms with E-state index in [2.05, 4.69) is 20.8 Å². The lowest BCUT2D eigenvalue weighted by Gasteiger charge is -2.19. The first-order chi connectivity index (χ1) is 14.2. The number of nitrogens with zero attached hydrogens (tertiary/aromatic N) is 4. The van der Waals surface area contributed by atoms with Crippen LogP contribution in [0.4, 0.5) is 5.69 Å². The smallest absolute Gasteiger partial charge is 0.234 e. The summed E-state index contributed by atoms with van der Waals surface area (Å²) in [6.45, 7) is 3.45. The molecule has 1 aliphatic rings. The van der Waals surface area contributed by atoms with Crippen LogP contribution in [0.2, 0.25) is 0 Å². The van der Waals surface area contributed by atoms with Crippen molar-refractivity contribution in [2.75, 3.05) is 30.9 Å². The second-order valence-electron chi connectivity index (χ2n) is 5.97. The molecule has 150 valence electrons. The Hall–Kier alpha value is -3.27. The number of anilines is 1. The lowest BCUT2D eigenvalue weighted by Crippen LogP contribution is -2.17. The summed E-state index contributed by atoms with van der Waals surface area (Å²) < 4.78 is 18.2. The van der Waals surface area contributed by atoms with Crippen LogP contribution in [0.15, 0.2) is 47.6 Å². The number of para-hydroxylation sites is 2. The molecule has 3 aromatic rings. The predicted octanol–water partition coefficient (Wildman–Crippen LogP) is 2.56. The van der Waals surface area contributed by atoms with Crippen molar-refractivity contribution >= 4 is 23.4 Å². The maximum atomic E-state index is 12.4. The van der Waals surface area contributed by atoms with Crippen molar-refractivity contribution in [3.05, 3.63) is 42.5 Å². The minimum atomic E-state index is -0.181. The van der Waals surface area contributed by atoms with E-state index in [-0.39, 0.29) is 11.7 Å². The quantitative estimate of drug-likeness (QED) is 0.590. The average Bonchev–Trinajstić information content (AvgIpc) is 3.21. The number of aromatic nitrogens is 4. The number of tetrazole rings is 1. The molecule has 0 saturated carbocycles. The first-order valence-electron chi connectivity index (χ1n) is 9.07. The third-order valence-corrected chi connectivity index (χ3v) is 4.91. The van der Waals surface area contributed by atoms with Gasteiger partial charge in [0.25, 0.3) is 0 Å². The fraction of sp³-hybridized carbons (Fsp3) is 0.263. The molecule has 9 nitrogen and oxygen atoms in total. The van der Waals surface area contributed by atoms with Crippen LogP contribution >= 0.6 is 11.8 Å². The summed E-state index contributed by atoms with van der Waals surface area (Å²) in [5, 5.41) is 15.1. The third-order valence-electron chi connectivity index (χ3n) is 3.99. The van der Waals surface area contributed by atoms with Crippen LogP contribution in [0.25, 0.3) is 5.69 Å². The third kappa shape index (κ3) is 4.43. The minimum absolute atomic E-state index is 0.144. The molecule has 1 aliphatic heterocycles. The van der Waals surface area contributed by atoms with Crippen molar-refractivity contribution in [1.29, 1.82) is 0 Å². The lowest BCUT2D eigenvalue weighted by molar-refractivity contribution is -0.113. The standard InChI is InChI=1S/C19H19N5O4S/c1-2-26-15-6-4-3-5-14(15)24-19(21-22-23-24)29-12-18(25)20-13-7-8-16-17(11-13)28-10-9-27-16/h3-8,11H,2,9-10,12H2,1H3,(H,20,25). The highest BCUT2D eigenvalue weighted by Gasteiger charge is 2.16. The number of thioether (sulfide) groups is 1. The molecular formula is C19H19N5O4S. The molecule has 0 aliphatic carbocycles. The van der Waals surface area contributed by atoms with E-state index < -0.39 is 0 Å². The van der Waals surface area contributed by atoms with E-state index in [0.29, 0.717) is 53.6 Å². The summed E-state index contributed by atoms with van der Waals surface area (Å²) in [6, 6.07) is 12.8. The molecule has 0 fully saturated rings. The topological polar surface area (TPSA) is 100 Å². The maximum Gasteiger partial charge on any atom is 0.234 e. The lowest BCUT2D eigenvalue weighted by atomic mass is 10.2. The Morgan fingerprint density at radius 2 is 2.03 bits per heavy atom. The number of hydrogen-bond acceptors (Lipinski definition) is 8. The molecule has 29 heavy (non-hydrogen) atoms. The van der Waals surface area contributed by atoms with E-state index in [1.807, 2.05) is 31.2 Å². The zero-order valence-electron chi connectivity index (χ0n) is 15.7. The monoisotopic (exact) mass is 413 g/mol. The van der Waals surface area contributed by atoms with Crippen molar-refractivity contribution in [3.63, 3.8) is 0 Å². The Bertz CT molecular complexity index is 1010. The Morgan fingerprint density at radius 1 is 1.21 bits per heavy atom. The maximum absolute atomic E-state index is 12.4. The largest absolute Gasteiger partial charge is 0.492 e. The number of fused-ring (bicyclic) bond motifs is 1. The molecule has 0 spiro atoms. The van der Waals surface area contributed by atoms with Gasteiger partial charge in [-0.25, -0.2) is 0 Å². The number of nitrogens with one attached hydrogen (secondary N) is 1. The van der Waals surface area contributed by atoms with Gasteiger partial charge in [-0.3, -0.25) is 4.79 Å². The van der Waals surface area contributed by atoms with Crippen molar-refractivity contribution in [2.45, 2.75) is 12.1 Å². The summed E-state index contributed by atoms with van der Waals surface area (Å²) in [7, 11) is 0. The van der Waals surface area contributed by atoms with E-state index in [1.54, 1.807) is 22.9 Å². The molecule has 10 heteroatoms. The normalized spacial score (nSPS) is 12.4. The van der Waals surface area contributed by atoms with Gasteiger partial charge in [-0.15, -0.1) is 5.10 Å². The first-order valence-corrected chi connectivity index (χ1v) is 10.1. The second-order valence-corrected chi connectivity index (χ2v) is 6.91. The SMILES string of the molecule is CCOc1ccccc1-n1nnnc1SCC(=O)Nc1ccc2c(c1)OCCO2. The molecular weight excluding hydrogens is 394 g/mol. The highest BCUT2D eigenvalue weighted by atomic mass is 32.2. The van der Waals surface area contributed by atoms with Gasteiger partial charge in [-0.05, 0) is 41.6 Å². The van der Waals surface area contributed by atoms with Crippen molar-refractivity contribution in [1.82, 2.24) is 20.2 Å². The highest BCUT2D eigenvalue weighted by Crippen LogP contribution is 2.32. The first kappa shape index (κ1) is 19.1. The number of carbonyl (C=O) groups is 1. The summed E-state index contributed by atoms with van der Waals surface area (Å²) >= 11 is 1.23. The van der Waals surface area contributed by atoms with Crippen LogP contribution in [0.5, 0.6) is 17.2 Å². The highest BCUT2D eigenvalue weighted by molar-refractivity contribution is 7.99. The molecule has 2 heterocycles. The van der Waals surface area contributed by atoms with Crippen molar-refractivity contribution in [2.24, 2.45) is 0 Å². The fourth-order valence-corrected chi connectivity index (χ4v) is 3.46. The van der Waals surface area contributed by atoms with E-state index in [0.717, 1.165) is 0 Å². The predicted molar refractivity (Wildman–Crippen MR) is 107 cm³/mol. The molecule has 0 atom stereocenters. The number of ether oxygens (including phenoxy) is 3. The molecule has 1 N–H and O–H groups in total. The Balaban J connectivity index is 1.41. The molecule has 0 radical (unpaired) electrons. The van der Waals surface area contributed by atoms with Gasteiger partial charge in [-0.1, -0.05) is 23.9 Å². The number of benzene rings is 2. The summed E-state index contributed by atoms with van der Waals surface area (Å²) in [4.78, 5) is 12.4. The zero-order valence-corrected chi connectivity index (χ0v) is 16.5. The Morgan fingerprint density at radius 3 is 2.90 bits per heavy atom. The number of hydrogen-bond donors (Lipinski definition) is 1. The van der Waals surface area contributed by atoms with Crippen LogP contribution in [0.3, 0.4) is 0 Å². The molecule has 4 rings (SSSR count). The van der Waals surface area contributed by atoms with Crippen molar-refractivity contribution in [3.8, 4) is 22.9 Å². The van der Waals surface area contributed by atoms with Crippen molar-refractivity contribution < 1.29 is 19.0 Å². The van der Waals surface area contributed by atoms with Gasteiger partial charge in [-0.2, -0.15) is 4.68 Å².